The third kappa shape index (κ3) is 3.32. The summed E-state index contributed by atoms with van der Waals surface area (Å²) in [5.41, 5.74) is -0.881. The number of rotatable bonds is 8. The molecule has 0 bridgehead atoms. The lowest BCUT2D eigenvalue weighted by Gasteiger charge is -2.29. The van der Waals surface area contributed by atoms with Gasteiger partial charge in [0.1, 0.15) is 11.2 Å². The average molecular weight is 228 g/mol. The Morgan fingerprint density at radius 1 is 1.00 bits per heavy atom. The van der Waals surface area contributed by atoms with Gasteiger partial charge in [-0.3, -0.25) is 9.59 Å². The molecule has 0 aliphatic heterocycles. The Balaban J connectivity index is 5.06. The van der Waals surface area contributed by atoms with Gasteiger partial charge in [-0.2, -0.15) is 0 Å². The molecule has 0 radical (unpaired) electrons. The van der Waals surface area contributed by atoms with Crippen LogP contribution in [0.1, 0.15) is 59.8 Å². The van der Waals surface area contributed by atoms with E-state index in [1.165, 1.54) is 0 Å². The lowest BCUT2D eigenvalue weighted by atomic mass is 9.74. The second-order valence-corrected chi connectivity index (χ2v) is 4.08. The van der Waals surface area contributed by atoms with Crippen LogP contribution >= 0.6 is 0 Å². The number of hydrogen-bond donors (Lipinski definition) is 0. The minimum atomic E-state index is -0.881. The average Bonchev–Trinajstić information content (AvgIpc) is 2.27. The second-order valence-electron chi connectivity index (χ2n) is 4.08. The van der Waals surface area contributed by atoms with Crippen molar-refractivity contribution in [2.75, 3.05) is 6.61 Å². The Bertz CT molecular complexity index is 227. The molecule has 0 aromatic heterocycles. The highest BCUT2D eigenvalue weighted by atomic mass is 16.5. The molecule has 3 heteroatoms. The number of esters is 1. The van der Waals surface area contributed by atoms with Gasteiger partial charge in [-0.25, -0.2) is 0 Å². The fraction of sp³-hybridized carbons (Fsp3) is 0.846. The molecule has 0 fully saturated rings. The zero-order valence-electron chi connectivity index (χ0n) is 11.0. The molecule has 0 aromatic rings. The van der Waals surface area contributed by atoms with Crippen LogP contribution in [0.4, 0.5) is 0 Å². The molecule has 0 heterocycles. The maximum Gasteiger partial charge on any atom is 0.319 e. The summed E-state index contributed by atoms with van der Waals surface area (Å²) < 4.78 is 5.08. The van der Waals surface area contributed by atoms with Crippen molar-refractivity contribution < 1.29 is 14.3 Å². The van der Waals surface area contributed by atoms with Gasteiger partial charge in [0.25, 0.3) is 0 Å². The number of Topliss-reactive ketones (excluding diaryl/α,β-unsaturated/α-hetero) is 1. The van der Waals surface area contributed by atoms with Crippen molar-refractivity contribution in [3.63, 3.8) is 0 Å². The first-order chi connectivity index (χ1) is 7.58. The Morgan fingerprint density at radius 3 is 1.81 bits per heavy atom. The molecule has 0 aliphatic carbocycles. The van der Waals surface area contributed by atoms with Gasteiger partial charge >= 0.3 is 5.97 Å². The first-order valence-electron chi connectivity index (χ1n) is 6.29. The Morgan fingerprint density at radius 2 is 1.50 bits per heavy atom. The van der Waals surface area contributed by atoms with Gasteiger partial charge in [-0.1, -0.05) is 33.6 Å². The topological polar surface area (TPSA) is 43.4 Å². The quantitative estimate of drug-likeness (QED) is 0.473. The van der Waals surface area contributed by atoms with Crippen molar-refractivity contribution in [3.8, 4) is 0 Å². The lowest BCUT2D eigenvalue weighted by molar-refractivity contribution is -0.161. The predicted molar refractivity (Wildman–Crippen MR) is 64.2 cm³/mol. The van der Waals surface area contributed by atoms with E-state index in [1.807, 2.05) is 20.8 Å². The Labute approximate surface area is 98.6 Å². The fourth-order valence-electron chi connectivity index (χ4n) is 2.18. The normalized spacial score (nSPS) is 11.2. The van der Waals surface area contributed by atoms with Crippen LogP contribution in [0, 0.1) is 5.41 Å². The van der Waals surface area contributed by atoms with E-state index in [0.29, 0.717) is 25.9 Å². The van der Waals surface area contributed by atoms with Crippen molar-refractivity contribution in [1.29, 1.82) is 0 Å². The number of carbonyl (C=O) groups excluding carboxylic acids is 2. The molecule has 0 rings (SSSR count). The Hall–Kier alpha value is -0.860. The maximum atomic E-state index is 12.0. The summed E-state index contributed by atoms with van der Waals surface area (Å²) in [6.07, 6.45) is 3.26. The van der Waals surface area contributed by atoms with Gasteiger partial charge < -0.3 is 4.74 Å². The summed E-state index contributed by atoms with van der Waals surface area (Å²) >= 11 is 0. The molecule has 0 N–H and O–H groups in total. The maximum absolute atomic E-state index is 12.0. The number of ether oxygens (including phenoxy) is 1. The van der Waals surface area contributed by atoms with Gasteiger partial charge in [-0.15, -0.1) is 0 Å². The van der Waals surface area contributed by atoms with E-state index in [0.717, 1.165) is 12.8 Å². The van der Waals surface area contributed by atoms with Crippen molar-refractivity contribution >= 4 is 11.8 Å². The zero-order valence-corrected chi connectivity index (χ0v) is 11.0. The van der Waals surface area contributed by atoms with Crippen LogP contribution in [-0.4, -0.2) is 18.4 Å². The van der Waals surface area contributed by atoms with E-state index in [9.17, 15) is 9.59 Å². The first-order valence-corrected chi connectivity index (χ1v) is 6.29. The summed E-state index contributed by atoms with van der Waals surface area (Å²) in [5, 5.41) is 0. The smallest absolute Gasteiger partial charge is 0.319 e. The highest BCUT2D eigenvalue weighted by Crippen LogP contribution is 2.33. The third-order valence-electron chi connectivity index (χ3n) is 2.87. The van der Waals surface area contributed by atoms with Crippen molar-refractivity contribution in [3.05, 3.63) is 0 Å². The number of carbonyl (C=O) groups is 2. The molecule has 0 saturated heterocycles. The van der Waals surface area contributed by atoms with E-state index in [4.69, 9.17) is 4.74 Å². The van der Waals surface area contributed by atoms with Gasteiger partial charge in [0.05, 0.1) is 6.61 Å². The van der Waals surface area contributed by atoms with Crippen molar-refractivity contribution in [2.45, 2.75) is 59.8 Å². The molecule has 0 saturated carbocycles. The van der Waals surface area contributed by atoms with E-state index >= 15 is 0 Å². The Kier molecular flexibility index (Phi) is 7.02. The second kappa shape index (κ2) is 7.42. The monoisotopic (exact) mass is 228 g/mol. The molecular formula is C13H24O3. The standard InChI is InChI=1S/C13H24O3/c1-5-9-13(10-6-2,11(14)7-3)12(15)16-8-4/h5-10H2,1-4H3. The van der Waals surface area contributed by atoms with Crippen LogP contribution in [0.2, 0.25) is 0 Å². The molecule has 0 amide bonds. The van der Waals surface area contributed by atoms with E-state index in [-0.39, 0.29) is 11.8 Å². The fourth-order valence-corrected chi connectivity index (χ4v) is 2.18. The lowest BCUT2D eigenvalue weighted by Crippen LogP contribution is -2.40. The summed E-state index contributed by atoms with van der Waals surface area (Å²) in [6.45, 7) is 7.91. The molecule has 0 aliphatic rings. The molecular weight excluding hydrogens is 204 g/mol. The van der Waals surface area contributed by atoms with Crippen molar-refractivity contribution in [1.82, 2.24) is 0 Å². The zero-order chi connectivity index (χ0) is 12.6. The van der Waals surface area contributed by atoms with Gasteiger partial charge in [0, 0.05) is 6.42 Å². The molecule has 0 spiro atoms. The third-order valence-corrected chi connectivity index (χ3v) is 2.87. The molecule has 0 unspecified atom stereocenters. The molecule has 16 heavy (non-hydrogen) atoms. The summed E-state index contributed by atoms with van der Waals surface area (Å²) in [5.74, 6) is -0.305. The molecule has 3 nitrogen and oxygen atoms in total. The summed E-state index contributed by atoms with van der Waals surface area (Å²) in [4.78, 5) is 24.0. The molecule has 0 aromatic carbocycles. The van der Waals surface area contributed by atoms with E-state index in [1.54, 1.807) is 6.92 Å². The first kappa shape index (κ1) is 15.1. The predicted octanol–water partition coefficient (Wildman–Crippen LogP) is 3.12. The van der Waals surface area contributed by atoms with E-state index < -0.39 is 5.41 Å². The summed E-state index contributed by atoms with van der Waals surface area (Å²) in [6, 6.07) is 0. The molecule has 94 valence electrons. The minimum absolute atomic E-state index is 0.0228. The number of ketones is 1. The van der Waals surface area contributed by atoms with Gasteiger partial charge in [0.15, 0.2) is 0 Å². The largest absolute Gasteiger partial charge is 0.465 e. The SMILES string of the molecule is CCCC(CCC)(C(=O)CC)C(=O)OCC. The minimum Gasteiger partial charge on any atom is -0.465 e. The van der Waals surface area contributed by atoms with Crippen LogP contribution in [0.25, 0.3) is 0 Å². The van der Waals surface area contributed by atoms with Crippen LogP contribution in [0.5, 0.6) is 0 Å². The summed E-state index contributed by atoms with van der Waals surface area (Å²) in [7, 11) is 0. The van der Waals surface area contributed by atoms with Crippen LogP contribution in [0.15, 0.2) is 0 Å². The highest BCUT2D eigenvalue weighted by molar-refractivity contribution is 6.03. The van der Waals surface area contributed by atoms with Gasteiger partial charge in [0.2, 0.25) is 0 Å². The van der Waals surface area contributed by atoms with Crippen LogP contribution < -0.4 is 0 Å². The van der Waals surface area contributed by atoms with Crippen LogP contribution in [-0.2, 0) is 14.3 Å². The van der Waals surface area contributed by atoms with Crippen LogP contribution in [0.3, 0.4) is 0 Å². The van der Waals surface area contributed by atoms with E-state index in [2.05, 4.69) is 0 Å². The van der Waals surface area contributed by atoms with Crippen molar-refractivity contribution in [2.24, 2.45) is 5.41 Å². The number of hydrogen-bond acceptors (Lipinski definition) is 3. The highest BCUT2D eigenvalue weighted by Gasteiger charge is 2.43. The van der Waals surface area contributed by atoms with Gasteiger partial charge in [-0.05, 0) is 19.8 Å². The molecule has 0 atom stereocenters.